The fourth-order valence-electron chi connectivity index (χ4n) is 3.11. The zero-order chi connectivity index (χ0) is 20.0. The number of hydrogen-bond acceptors (Lipinski definition) is 5. The van der Waals surface area contributed by atoms with Gasteiger partial charge in [0.1, 0.15) is 17.3 Å². The number of halogens is 1. The van der Waals surface area contributed by atoms with Gasteiger partial charge in [-0.25, -0.2) is 0 Å². The second-order valence-electron chi connectivity index (χ2n) is 6.28. The van der Waals surface area contributed by atoms with E-state index in [1.54, 1.807) is 25.1 Å². The predicted octanol–water partition coefficient (Wildman–Crippen LogP) is 3.17. The minimum Gasteiger partial charge on any atom is -0.457 e. The van der Waals surface area contributed by atoms with Crippen LogP contribution in [0.2, 0.25) is 0 Å². The van der Waals surface area contributed by atoms with Gasteiger partial charge in [-0.15, -0.1) is 0 Å². The average molecular weight is 440 g/mol. The maximum Gasteiger partial charge on any atom is 0.262 e. The number of nitrogens with one attached hydrogen (secondary N) is 1. The summed E-state index contributed by atoms with van der Waals surface area (Å²) in [6, 6.07) is 13.7. The smallest absolute Gasteiger partial charge is 0.262 e. The fourth-order valence-corrected chi connectivity index (χ4v) is 3.37. The molecule has 2 heterocycles. The lowest BCUT2D eigenvalue weighted by atomic mass is 10.1. The van der Waals surface area contributed by atoms with Gasteiger partial charge in [0.25, 0.3) is 17.4 Å². The number of anilines is 1. The summed E-state index contributed by atoms with van der Waals surface area (Å²) in [5, 5.41) is 2.15. The zero-order valence-corrected chi connectivity index (χ0v) is 16.2. The van der Waals surface area contributed by atoms with Crippen molar-refractivity contribution in [2.45, 2.75) is 6.92 Å². The van der Waals surface area contributed by atoms with Gasteiger partial charge in [0.15, 0.2) is 0 Å². The molecule has 1 aliphatic rings. The first-order valence-corrected chi connectivity index (χ1v) is 9.10. The third-order valence-corrected chi connectivity index (χ3v) is 4.94. The topological polar surface area (TPSA) is 103 Å². The Labute approximate surface area is 167 Å². The molecule has 3 aromatic rings. The van der Waals surface area contributed by atoms with Crippen molar-refractivity contribution in [2.24, 2.45) is 0 Å². The second-order valence-corrected chi connectivity index (χ2v) is 7.20. The molecule has 0 unspecified atom stereocenters. The Hall–Kier alpha value is -3.39. The van der Waals surface area contributed by atoms with Crippen LogP contribution in [-0.2, 0) is 0 Å². The maximum atomic E-state index is 12.6. The first-order chi connectivity index (χ1) is 13.3. The van der Waals surface area contributed by atoms with Crippen molar-refractivity contribution in [3.63, 3.8) is 0 Å². The Balaban J connectivity index is 1.76. The third-order valence-electron chi connectivity index (χ3n) is 4.41. The lowest BCUT2D eigenvalue weighted by Gasteiger charge is -2.15. The minimum absolute atomic E-state index is 0.00315. The first-order valence-electron chi connectivity index (χ1n) is 8.31. The molecule has 7 nitrogen and oxygen atoms in total. The molecule has 8 heteroatoms. The molecule has 0 radical (unpaired) electrons. The number of nitrogens with two attached hydrogens (primary N) is 1. The summed E-state index contributed by atoms with van der Waals surface area (Å²) in [6.45, 7) is 1.80. The Kier molecular flexibility index (Phi) is 4.27. The third kappa shape index (κ3) is 2.97. The van der Waals surface area contributed by atoms with Crippen molar-refractivity contribution in [1.29, 1.82) is 0 Å². The summed E-state index contributed by atoms with van der Waals surface area (Å²) in [5.41, 5.74) is 6.81. The minimum atomic E-state index is -0.620. The molecule has 28 heavy (non-hydrogen) atoms. The number of pyridine rings is 1. The van der Waals surface area contributed by atoms with Gasteiger partial charge in [0.05, 0.1) is 16.8 Å². The number of nitrogen functional groups attached to an aromatic ring is 1. The van der Waals surface area contributed by atoms with Crippen LogP contribution in [0.15, 0.2) is 57.8 Å². The molecule has 1 aliphatic heterocycles. The molecule has 0 bridgehead atoms. The van der Waals surface area contributed by atoms with E-state index in [0.717, 1.165) is 10.5 Å². The van der Waals surface area contributed by atoms with Gasteiger partial charge in [0, 0.05) is 10.5 Å². The van der Waals surface area contributed by atoms with E-state index in [9.17, 15) is 14.4 Å². The van der Waals surface area contributed by atoms with Gasteiger partial charge >= 0.3 is 0 Å². The van der Waals surface area contributed by atoms with Crippen molar-refractivity contribution < 1.29 is 14.3 Å². The number of carbonyl (C=O) groups excluding carboxylic acids is 2. The van der Waals surface area contributed by atoms with Crippen LogP contribution in [0.3, 0.4) is 0 Å². The quantitative estimate of drug-likeness (QED) is 0.609. The molecule has 4 rings (SSSR count). The van der Waals surface area contributed by atoms with E-state index >= 15 is 0 Å². The van der Waals surface area contributed by atoms with Gasteiger partial charge in [-0.1, -0.05) is 15.9 Å². The highest BCUT2D eigenvalue weighted by atomic mass is 79.9. The molecule has 0 spiro atoms. The van der Waals surface area contributed by atoms with E-state index in [4.69, 9.17) is 10.5 Å². The highest BCUT2D eigenvalue weighted by molar-refractivity contribution is 9.10. The van der Waals surface area contributed by atoms with E-state index in [2.05, 4.69) is 21.2 Å². The summed E-state index contributed by atoms with van der Waals surface area (Å²) in [7, 11) is 0. The molecule has 1 aromatic heterocycles. The zero-order valence-electron chi connectivity index (χ0n) is 14.7. The number of aryl methyl sites for hydroxylation is 1. The van der Waals surface area contributed by atoms with Crippen LogP contribution in [0.5, 0.6) is 11.5 Å². The van der Waals surface area contributed by atoms with Gasteiger partial charge in [-0.2, -0.15) is 0 Å². The second kappa shape index (κ2) is 6.65. The van der Waals surface area contributed by atoms with E-state index in [-0.39, 0.29) is 16.9 Å². The molecule has 0 aliphatic carbocycles. The summed E-state index contributed by atoms with van der Waals surface area (Å²) in [4.78, 5) is 36.4. The molecular weight excluding hydrogens is 426 g/mol. The number of nitrogens with zero attached hydrogens (tertiary/aromatic N) is 1. The van der Waals surface area contributed by atoms with Crippen LogP contribution in [0.25, 0.3) is 5.69 Å². The SMILES string of the molecule is Cc1cc(Oc2ccc(Br)cc2)ccc1-n1c(N)c2c(cc1=O)C(=O)NC2=O. The van der Waals surface area contributed by atoms with Gasteiger partial charge in [0.2, 0.25) is 0 Å². The summed E-state index contributed by atoms with van der Waals surface area (Å²) < 4.78 is 7.99. The lowest BCUT2D eigenvalue weighted by molar-refractivity contribution is 0.0880. The number of amides is 2. The number of carbonyl (C=O) groups is 2. The van der Waals surface area contributed by atoms with Gasteiger partial charge in [-0.3, -0.25) is 24.3 Å². The molecule has 0 fully saturated rings. The van der Waals surface area contributed by atoms with Crippen LogP contribution >= 0.6 is 15.9 Å². The number of aromatic nitrogens is 1. The standard InChI is InChI=1S/C20H14BrN3O4/c1-10-8-13(28-12-4-2-11(21)3-5-12)6-7-15(10)24-16(25)9-14-17(18(24)22)20(27)23-19(14)26/h2-9H,22H2,1H3,(H,23,26,27). The lowest BCUT2D eigenvalue weighted by Crippen LogP contribution is -2.24. The number of hydrogen-bond donors (Lipinski definition) is 2. The van der Waals surface area contributed by atoms with Gasteiger partial charge in [-0.05, 0) is 55.0 Å². The Bertz CT molecular complexity index is 1200. The maximum absolute atomic E-state index is 12.6. The van der Waals surface area contributed by atoms with Crippen molar-refractivity contribution in [2.75, 3.05) is 5.73 Å². The molecule has 3 N–H and O–H groups in total. The number of ether oxygens (including phenoxy) is 1. The number of benzene rings is 2. The highest BCUT2D eigenvalue weighted by Gasteiger charge is 2.32. The molecular formula is C20H14BrN3O4. The summed E-state index contributed by atoms with van der Waals surface area (Å²) in [6.07, 6.45) is 0. The van der Waals surface area contributed by atoms with Crippen LogP contribution in [-0.4, -0.2) is 16.4 Å². The molecule has 2 aromatic carbocycles. The highest BCUT2D eigenvalue weighted by Crippen LogP contribution is 2.28. The fraction of sp³-hybridized carbons (Fsp3) is 0.0500. The largest absolute Gasteiger partial charge is 0.457 e. The number of fused-ring (bicyclic) bond motifs is 1. The Morgan fingerprint density at radius 2 is 1.64 bits per heavy atom. The molecule has 0 saturated heterocycles. The first kappa shape index (κ1) is 18.0. The van der Waals surface area contributed by atoms with Crippen LogP contribution < -0.4 is 21.3 Å². The Morgan fingerprint density at radius 1 is 0.964 bits per heavy atom. The van der Waals surface area contributed by atoms with Crippen LogP contribution in [0.1, 0.15) is 26.3 Å². The van der Waals surface area contributed by atoms with Crippen molar-refractivity contribution in [3.05, 3.63) is 80.0 Å². The summed E-state index contributed by atoms with van der Waals surface area (Å²) in [5.74, 6) is -0.0513. The Morgan fingerprint density at radius 3 is 2.32 bits per heavy atom. The normalized spacial score (nSPS) is 12.6. The monoisotopic (exact) mass is 439 g/mol. The average Bonchev–Trinajstić information content (AvgIpc) is 2.92. The molecule has 140 valence electrons. The molecule has 0 atom stereocenters. The number of rotatable bonds is 3. The van der Waals surface area contributed by atoms with E-state index < -0.39 is 17.4 Å². The van der Waals surface area contributed by atoms with Crippen molar-refractivity contribution in [3.8, 4) is 17.2 Å². The van der Waals surface area contributed by atoms with Crippen LogP contribution in [0, 0.1) is 6.92 Å². The summed E-state index contributed by atoms with van der Waals surface area (Å²) >= 11 is 3.37. The number of imide groups is 1. The predicted molar refractivity (Wildman–Crippen MR) is 107 cm³/mol. The van der Waals surface area contributed by atoms with Crippen LogP contribution in [0.4, 0.5) is 5.82 Å². The van der Waals surface area contributed by atoms with Gasteiger partial charge < -0.3 is 10.5 Å². The van der Waals surface area contributed by atoms with Crippen molar-refractivity contribution >= 4 is 33.6 Å². The van der Waals surface area contributed by atoms with E-state index in [1.165, 1.54) is 4.57 Å². The van der Waals surface area contributed by atoms with E-state index in [0.29, 0.717) is 22.7 Å². The molecule has 0 saturated carbocycles. The van der Waals surface area contributed by atoms with E-state index in [1.807, 2.05) is 24.3 Å². The van der Waals surface area contributed by atoms with Crippen molar-refractivity contribution in [1.82, 2.24) is 9.88 Å². The molecule has 2 amide bonds.